The van der Waals surface area contributed by atoms with E-state index in [-0.39, 0.29) is 30.4 Å². The number of hydrogen-bond acceptors (Lipinski definition) is 5. The Morgan fingerprint density at radius 3 is 2.82 bits per heavy atom. The summed E-state index contributed by atoms with van der Waals surface area (Å²) in [6, 6.07) is 13.3. The van der Waals surface area contributed by atoms with Crippen molar-refractivity contribution in [1.82, 2.24) is 20.1 Å². The number of benzene rings is 1. The quantitative estimate of drug-likeness (QED) is 0.703. The Hall–Kier alpha value is -3.26. The van der Waals surface area contributed by atoms with Gasteiger partial charge in [-0.3, -0.25) is 14.5 Å². The molecule has 1 aromatic heterocycles. The minimum atomic E-state index is -0.852. The van der Waals surface area contributed by atoms with Crippen molar-refractivity contribution >= 4 is 23.7 Å². The summed E-state index contributed by atoms with van der Waals surface area (Å²) in [5.41, 5.74) is 2.36. The predicted octanol–water partition coefficient (Wildman–Crippen LogP) is 2.48. The van der Waals surface area contributed by atoms with Crippen LogP contribution in [0, 0.1) is 12.8 Å². The van der Waals surface area contributed by atoms with Crippen LogP contribution in [-0.2, 0) is 22.4 Å². The first-order valence-corrected chi connectivity index (χ1v) is 11.6. The van der Waals surface area contributed by atoms with Gasteiger partial charge in [-0.15, -0.1) is 0 Å². The summed E-state index contributed by atoms with van der Waals surface area (Å²) >= 11 is 0. The van der Waals surface area contributed by atoms with E-state index in [0.29, 0.717) is 25.2 Å². The first kappa shape index (κ1) is 21.6. The molecule has 172 valence electrons. The van der Waals surface area contributed by atoms with Crippen LogP contribution < -0.4 is 10.6 Å². The number of urea groups is 1. The van der Waals surface area contributed by atoms with E-state index < -0.39 is 5.54 Å². The highest BCUT2D eigenvalue weighted by Gasteiger charge is 2.52. The molecule has 2 aliphatic heterocycles. The molecule has 0 radical (unpaired) electrons. The Balaban J connectivity index is 1.23. The highest BCUT2D eigenvalue weighted by atomic mass is 16.2. The molecule has 0 bridgehead atoms. The van der Waals surface area contributed by atoms with Gasteiger partial charge < -0.3 is 10.6 Å². The lowest BCUT2D eigenvalue weighted by Gasteiger charge is -2.35. The normalized spacial score (nSPS) is 25.1. The van der Waals surface area contributed by atoms with E-state index in [0.717, 1.165) is 37.1 Å². The molecule has 5 rings (SSSR count). The van der Waals surface area contributed by atoms with Crippen molar-refractivity contribution in [3.05, 3.63) is 59.3 Å². The number of likely N-dealkylation sites (tertiary alicyclic amines) is 1. The molecular weight excluding hydrogens is 418 g/mol. The third kappa shape index (κ3) is 4.23. The van der Waals surface area contributed by atoms with Crippen LogP contribution in [0.3, 0.4) is 0 Å². The van der Waals surface area contributed by atoms with Crippen LogP contribution in [0.1, 0.15) is 36.1 Å². The molecule has 8 heteroatoms. The number of amides is 4. The maximum absolute atomic E-state index is 13.4. The van der Waals surface area contributed by atoms with Gasteiger partial charge >= 0.3 is 6.03 Å². The molecule has 2 unspecified atom stereocenters. The van der Waals surface area contributed by atoms with Crippen LogP contribution in [0.15, 0.2) is 42.5 Å². The number of hydrogen-bond donors (Lipinski definition) is 2. The first-order chi connectivity index (χ1) is 15.9. The van der Waals surface area contributed by atoms with Crippen molar-refractivity contribution in [2.45, 2.75) is 44.6 Å². The van der Waals surface area contributed by atoms with Gasteiger partial charge in [-0.1, -0.05) is 30.3 Å². The van der Waals surface area contributed by atoms with E-state index in [2.05, 4.69) is 21.7 Å². The van der Waals surface area contributed by atoms with Crippen molar-refractivity contribution < 1.29 is 14.4 Å². The predicted molar refractivity (Wildman–Crippen MR) is 123 cm³/mol. The van der Waals surface area contributed by atoms with Crippen molar-refractivity contribution in [2.75, 3.05) is 25.1 Å². The maximum Gasteiger partial charge on any atom is 0.326 e. The molecule has 1 aliphatic carbocycles. The van der Waals surface area contributed by atoms with Gasteiger partial charge in [0.05, 0.1) is 12.6 Å². The van der Waals surface area contributed by atoms with Gasteiger partial charge in [0.15, 0.2) is 0 Å². The van der Waals surface area contributed by atoms with Gasteiger partial charge in [0.25, 0.3) is 5.91 Å². The number of rotatable bonds is 4. The third-order valence-corrected chi connectivity index (χ3v) is 7.03. The zero-order valence-corrected chi connectivity index (χ0v) is 18.8. The lowest BCUT2D eigenvalue weighted by molar-refractivity contribution is -0.133. The molecule has 0 saturated carbocycles. The van der Waals surface area contributed by atoms with E-state index >= 15 is 0 Å². The number of aryl methyl sites for hydroxylation is 2. The second-order valence-corrected chi connectivity index (χ2v) is 9.40. The lowest BCUT2D eigenvalue weighted by atomic mass is 9.78. The molecule has 33 heavy (non-hydrogen) atoms. The summed E-state index contributed by atoms with van der Waals surface area (Å²) in [7, 11) is 0. The number of fused-ring (bicyclic) bond motifs is 1. The molecule has 2 saturated heterocycles. The minimum absolute atomic E-state index is 0.0737. The molecule has 1 aromatic carbocycles. The molecule has 3 aliphatic rings. The summed E-state index contributed by atoms with van der Waals surface area (Å²) < 4.78 is 0. The van der Waals surface area contributed by atoms with Crippen molar-refractivity contribution in [2.24, 2.45) is 5.92 Å². The Labute approximate surface area is 193 Å². The standard InChI is InChI=1S/C25H29N5O3/c1-17-6-4-10-21(26-17)27-22(31)20-9-5-13-29(15-20)16-30-23(32)25(28-24(30)33)12-11-18-7-2-3-8-19(18)14-25/h2-4,6-8,10,20H,5,9,11-16H2,1H3,(H,28,33)(H,26,27,31). The first-order valence-electron chi connectivity index (χ1n) is 11.6. The van der Waals surface area contributed by atoms with Crippen molar-refractivity contribution in [3.63, 3.8) is 0 Å². The van der Waals surface area contributed by atoms with E-state index in [1.54, 1.807) is 6.07 Å². The molecule has 2 fully saturated rings. The summed E-state index contributed by atoms with van der Waals surface area (Å²) in [6.45, 7) is 3.35. The molecule has 2 atom stereocenters. The van der Waals surface area contributed by atoms with Gasteiger partial charge in [0.1, 0.15) is 11.4 Å². The zero-order chi connectivity index (χ0) is 23.0. The number of nitrogens with one attached hydrogen (secondary N) is 2. The van der Waals surface area contributed by atoms with Crippen molar-refractivity contribution in [1.29, 1.82) is 0 Å². The van der Waals surface area contributed by atoms with Crippen LogP contribution in [0.2, 0.25) is 0 Å². The van der Waals surface area contributed by atoms with E-state index in [1.807, 2.05) is 42.2 Å². The van der Waals surface area contributed by atoms with Crippen LogP contribution >= 0.6 is 0 Å². The number of carbonyl (C=O) groups excluding carboxylic acids is 3. The van der Waals surface area contributed by atoms with Gasteiger partial charge in [0.2, 0.25) is 5.91 Å². The van der Waals surface area contributed by atoms with E-state index in [4.69, 9.17) is 0 Å². The monoisotopic (exact) mass is 447 g/mol. The van der Waals surface area contributed by atoms with E-state index in [1.165, 1.54) is 10.5 Å². The number of imide groups is 1. The Kier molecular flexibility index (Phi) is 5.62. The molecule has 1 spiro atoms. The Bertz CT molecular complexity index is 1100. The summed E-state index contributed by atoms with van der Waals surface area (Å²) in [5.74, 6) is 0.107. The number of anilines is 1. The fraction of sp³-hybridized carbons (Fsp3) is 0.440. The van der Waals surface area contributed by atoms with Crippen molar-refractivity contribution in [3.8, 4) is 0 Å². The smallest absolute Gasteiger partial charge is 0.323 e. The second-order valence-electron chi connectivity index (χ2n) is 9.40. The van der Waals surface area contributed by atoms with Crippen LogP contribution in [0.5, 0.6) is 0 Å². The highest BCUT2D eigenvalue weighted by Crippen LogP contribution is 2.34. The van der Waals surface area contributed by atoms with Crippen LogP contribution in [0.4, 0.5) is 10.6 Å². The largest absolute Gasteiger partial charge is 0.326 e. The second kappa shape index (κ2) is 8.59. The summed E-state index contributed by atoms with van der Waals surface area (Å²) in [6.07, 6.45) is 3.52. The number of nitrogens with zero attached hydrogens (tertiary/aromatic N) is 3. The number of aromatic nitrogens is 1. The average molecular weight is 448 g/mol. The number of piperidine rings is 1. The number of carbonyl (C=O) groups is 3. The topological polar surface area (TPSA) is 94.6 Å². The molecule has 8 nitrogen and oxygen atoms in total. The molecule has 2 aromatic rings. The zero-order valence-electron chi connectivity index (χ0n) is 18.8. The maximum atomic E-state index is 13.4. The minimum Gasteiger partial charge on any atom is -0.323 e. The molecule has 2 N–H and O–H groups in total. The molecule has 3 heterocycles. The van der Waals surface area contributed by atoms with Crippen LogP contribution in [0.25, 0.3) is 0 Å². The van der Waals surface area contributed by atoms with Gasteiger partial charge in [-0.2, -0.15) is 0 Å². The lowest BCUT2D eigenvalue weighted by Crippen LogP contribution is -2.52. The molecule has 4 amide bonds. The third-order valence-electron chi connectivity index (χ3n) is 7.03. The average Bonchev–Trinajstić information content (AvgIpc) is 3.03. The fourth-order valence-corrected chi connectivity index (χ4v) is 5.27. The van der Waals surface area contributed by atoms with Gasteiger partial charge in [-0.05, 0) is 62.4 Å². The highest BCUT2D eigenvalue weighted by molar-refractivity contribution is 6.07. The van der Waals surface area contributed by atoms with E-state index in [9.17, 15) is 14.4 Å². The fourth-order valence-electron chi connectivity index (χ4n) is 5.27. The SMILES string of the molecule is Cc1cccc(NC(=O)C2CCCN(CN3C(=O)NC4(CCc5ccccc5C4)C3=O)C2)n1. The van der Waals surface area contributed by atoms with Gasteiger partial charge in [0, 0.05) is 18.7 Å². The molecular formula is C25H29N5O3. The summed E-state index contributed by atoms with van der Waals surface area (Å²) in [5, 5.41) is 5.90. The van der Waals surface area contributed by atoms with Gasteiger partial charge in [-0.25, -0.2) is 14.7 Å². The number of pyridine rings is 1. The Morgan fingerprint density at radius 2 is 2.00 bits per heavy atom. The van der Waals surface area contributed by atoms with Crippen LogP contribution in [-0.4, -0.2) is 57.9 Å². The Morgan fingerprint density at radius 1 is 1.18 bits per heavy atom. The summed E-state index contributed by atoms with van der Waals surface area (Å²) in [4.78, 5) is 46.7.